The molecule has 1 heterocycles. The highest BCUT2D eigenvalue weighted by molar-refractivity contribution is 7.87. The highest BCUT2D eigenvalue weighted by Gasteiger charge is 2.49. The second-order valence-electron chi connectivity index (χ2n) is 7.77. The molecule has 1 aliphatic carbocycles. The van der Waals surface area contributed by atoms with Gasteiger partial charge in [-0.05, 0) is 43.6 Å². The summed E-state index contributed by atoms with van der Waals surface area (Å²) >= 11 is 0. The summed E-state index contributed by atoms with van der Waals surface area (Å²) < 4.78 is 76.5. The van der Waals surface area contributed by atoms with E-state index >= 15 is 0 Å². The first-order chi connectivity index (χ1) is 15.1. The topological polar surface area (TPSA) is 82.1 Å². The highest BCUT2D eigenvalue weighted by Crippen LogP contribution is 2.35. The predicted octanol–water partition coefficient (Wildman–Crippen LogP) is 4.67. The van der Waals surface area contributed by atoms with Crippen LogP contribution in [0.3, 0.4) is 0 Å². The number of carbonyl (C=O) groups excluding carboxylic acids is 1. The van der Waals surface area contributed by atoms with Crippen molar-refractivity contribution in [1.29, 1.82) is 0 Å². The molecule has 0 bridgehead atoms. The van der Waals surface area contributed by atoms with Crippen molar-refractivity contribution in [3.63, 3.8) is 0 Å². The van der Waals surface area contributed by atoms with Crippen LogP contribution in [0.1, 0.15) is 50.0 Å². The number of hydrogen-bond acceptors (Lipinski definition) is 6. The maximum Gasteiger partial charge on any atom is 0.534 e. The van der Waals surface area contributed by atoms with Crippen molar-refractivity contribution in [2.75, 3.05) is 20.3 Å². The molecule has 0 saturated heterocycles. The average Bonchev–Trinajstić information content (AvgIpc) is 2.77. The molecular weight excluding hydrogens is 451 g/mol. The SMILES string of the molecule is COC(=O)N1CCCC(OS(=O)(=O)C(F)(F)F)=C1COC1CCC(c2ccccc2)CC1. The Morgan fingerprint density at radius 3 is 2.38 bits per heavy atom. The predicted molar refractivity (Wildman–Crippen MR) is 109 cm³/mol. The summed E-state index contributed by atoms with van der Waals surface area (Å²) in [7, 11) is -4.73. The van der Waals surface area contributed by atoms with Gasteiger partial charge in [-0.15, -0.1) is 0 Å². The molecular formula is C21H26F3NO6S. The molecule has 1 amide bonds. The molecule has 3 rings (SSSR count). The lowest BCUT2D eigenvalue weighted by Gasteiger charge is -2.33. The quantitative estimate of drug-likeness (QED) is 0.438. The molecule has 1 aliphatic heterocycles. The second-order valence-corrected chi connectivity index (χ2v) is 9.31. The Hall–Kier alpha value is -2.27. The summed E-state index contributed by atoms with van der Waals surface area (Å²) in [5, 5.41) is 0. The lowest BCUT2D eigenvalue weighted by Crippen LogP contribution is -2.38. The fraction of sp³-hybridized carbons (Fsp3) is 0.571. The van der Waals surface area contributed by atoms with Crippen LogP contribution in [0.15, 0.2) is 41.8 Å². The first-order valence-corrected chi connectivity index (χ1v) is 11.8. The molecule has 7 nitrogen and oxygen atoms in total. The summed E-state index contributed by atoms with van der Waals surface area (Å²) in [5.41, 5.74) is -4.37. The minimum atomic E-state index is -5.86. The fourth-order valence-electron chi connectivity index (χ4n) is 4.05. The van der Waals surface area contributed by atoms with Crippen LogP contribution in [0, 0.1) is 0 Å². The van der Waals surface area contributed by atoms with Gasteiger partial charge < -0.3 is 13.7 Å². The molecule has 1 saturated carbocycles. The minimum Gasteiger partial charge on any atom is -0.452 e. The van der Waals surface area contributed by atoms with Crippen LogP contribution in [-0.4, -0.2) is 51.3 Å². The first kappa shape index (κ1) is 24.4. The number of rotatable bonds is 6. The number of nitrogens with zero attached hydrogens (tertiary/aromatic N) is 1. The number of ether oxygens (including phenoxy) is 2. The van der Waals surface area contributed by atoms with Gasteiger partial charge in [-0.2, -0.15) is 21.6 Å². The molecule has 0 spiro atoms. The molecule has 2 aliphatic rings. The Morgan fingerprint density at radius 2 is 1.78 bits per heavy atom. The van der Waals surface area contributed by atoms with Crippen LogP contribution in [0.2, 0.25) is 0 Å². The Morgan fingerprint density at radius 1 is 1.12 bits per heavy atom. The smallest absolute Gasteiger partial charge is 0.452 e. The zero-order valence-electron chi connectivity index (χ0n) is 17.6. The molecule has 11 heteroatoms. The highest BCUT2D eigenvalue weighted by atomic mass is 32.2. The van der Waals surface area contributed by atoms with Gasteiger partial charge in [0.15, 0.2) is 0 Å². The third kappa shape index (κ3) is 5.74. The molecule has 178 valence electrons. The number of methoxy groups -OCH3 is 1. The van der Waals surface area contributed by atoms with Crippen LogP contribution in [-0.2, 0) is 23.8 Å². The van der Waals surface area contributed by atoms with Crippen molar-refractivity contribution >= 4 is 16.2 Å². The van der Waals surface area contributed by atoms with Crippen molar-refractivity contribution in [3.05, 3.63) is 47.4 Å². The number of allylic oxidation sites excluding steroid dienone is 1. The van der Waals surface area contributed by atoms with E-state index in [0.717, 1.165) is 37.7 Å². The zero-order chi connectivity index (χ0) is 23.4. The van der Waals surface area contributed by atoms with Gasteiger partial charge in [0.1, 0.15) is 5.76 Å². The maximum atomic E-state index is 12.8. The zero-order valence-corrected chi connectivity index (χ0v) is 18.5. The maximum absolute atomic E-state index is 12.8. The average molecular weight is 478 g/mol. The van der Waals surface area contributed by atoms with Crippen molar-refractivity contribution in [2.45, 2.75) is 56.1 Å². The van der Waals surface area contributed by atoms with Gasteiger partial charge in [-0.1, -0.05) is 30.3 Å². The Labute approximate surface area is 185 Å². The van der Waals surface area contributed by atoms with Crippen LogP contribution in [0.25, 0.3) is 0 Å². The van der Waals surface area contributed by atoms with Crippen molar-refractivity contribution in [3.8, 4) is 0 Å². The van der Waals surface area contributed by atoms with E-state index in [1.165, 1.54) is 5.56 Å². The Bertz CT molecular complexity index is 925. The molecule has 1 fully saturated rings. The lowest BCUT2D eigenvalue weighted by atomic mass is 9.83. The molecule has 0 unspecified atom stereocenters. The third-order valence-electron chi connectivity index (χ3n) is 5.72. The standard InChI is InChI=1S/C21H26F3NO6S/c1-29-20(26)25-13-5-8-19(31-32(27,28)21(22,23)24)18(25)14-30-17-11-9-16(10-12-17)15-6-3-2-4-7-15/h2-4,6-7,16-17H,5,8-14H2,1H3. The van der Waals surface area contributed by atoms with E-state index in [2.05, 4.69) is 16.3 Å². The van der Waals surface area contributed by atoms with E-state index in [0.29, 0.717) is 5.92 Å². The van der Waals surface area contributed by atoms with Crippen molar-refractivity contribution in [2.24, 2.45) is 0 Å². The van der Waals surface area contributed by atoms with E-state index in [1.807, 2.05) is 18.2 Å². The third-order valence-corrected chi connectivity index (χ3v) is 6.71. The van der Waals surface area contributed by atoms with Crippen molar-refractivity contribution in [1.82, 2.24) is 4.90 Å². The summed E-state index contributed by atoms with van der Waals surface area (Å²) in [6, 6.07) is 10.1. The van der Waals surface area contributed by atoms with E-state index < -0.39 is 27.5 Å². The first-order valence-electron chi connectivity index (χ1n) is 10.4. The molecule has 1 aromatic carbocycles. The molecule has 0 atom stereocenters. The summed E-state index contributed by atoms with van der Waals surface area (Å²) in [6.07, 6.45) is 2.43. The van der Waals surface area contributed by atoms with Gasteiger partial charge in [0, 0.05) is 13.0 Å². The molecule has 0 N–H and O–H groups in total. The number of alkyl halides is 3. The fourth-order valence-corrected chi connectivity index (χ4v) is 4.59. The molecule has 0 aromatic heterocycles. The van der Waals surface area contributed by atoms with Gasteiger partial charge in [-0.3, -0.25) is 4.90 Å². The molecule has 1 aromatic rings. The molecule has 0 radical (unpaired) electrons. The summed E-state index contributed by atoms with van der Waals surface area (Å²) in [5.74, 6) is -0.0377. The normalized spacial score (nSPS) is 22.6. The summed E-state index contributed by atoms with van der Waals surface area (Å²) in [6.45, 7) is -0.0937. The Balaban J connectivity index is 1.71. The van der Waals surface area contributed by atoms with Crippen molar-refractivity contribution < 1.29 is 40.0 Å². The van der Waals surface area contributed by atoms with Crippen LogP contribution < -0.4 is 0 Å². The van der Waals surface area contributed by atoms with Crippen LogP contribution in [0.5, 0.6) is 0 Å². The van der Waals surface area contributed by atoms with Gasteiger partial charge >= 0.3 is 21.7 Å². The van der Waals surface area contributed by atoms with Gasteiger partial charge in [0.25, 0.3) is 0 Å². The monoisotopic (exact) mass is 477 g/mol. The largest absolute Gasteiger partial charge is 0.534 e. The van der Waals surface area contributed by atoms with E-state index in [9.17, 15) is 26.4 Å². The minimum absolute atomic E-state index is 0.0545. The number of halogens is 3. The number of carbonyl (C=O) groups is 1. The number of amides is 1. The number of hydrogen-bond donors (Lipinski definition) is 0. The van der Waals surface area contributed by atoms with Gasteiger partial charge in [0.2, 0.25) is 0 Å². The van der Waals surface area contributed by atoms with E-state index in [4.69, 9.17) is 9.47 Å². The second kappa shape index (κ2) is 10.1. The van der Waals surface area contributed by atoms with Gasteiger partial charge in [0.05, 0.1) is 25.5 Å². The van der Waals surface area contributed by atoms with Crippen LogP contribution >= 0.6 is 0 Å². The summed E-state index contributed by atoms with van der Waals surface area (Å²) in [4.78, 5) is 13.2. The van der Waals surface area contributed by atoms with Gasteiger partial charge in [-0.25, -0.2) is 4.79 Å². The molecule has 32 heavy (non-hydrogen) atoms. The lowest BCUT2D eigenvalue weighted by molar-refractivity contribution is -0.0528. The van der Waals surface area contributed by atoms with E-state index in [-0.39, 0.29) is 37.8 Å². The Kier molecular flexibility index (Phi) is 7.71. The van der Waals surface area contributed by atoms with Crippen LogP contribution in [0.4, 0.5) is 18.0 Å². The number of benzene rings is 1. The van der Waals surface area contributed by atoms with E-state index in [1.54, 1.807) is 0 Å².